The van der Waals surface area contributed by atoms with Crippen molar-refractivity contribution in [2.24, 2.45) is 11.7 Å². The molecule has 1 aromatic carbocycles. The Balaban J connectivity index is 1.74. The first-order valence-corrected chi connectivity index (χ1v) is 10.8. The van der Waals surface area contributed by atoms with E-state index in [0.29, 0.717) is 45.0 Å². The standard InChI is InChI=1S/C23H32N4O4/c1-4-31-22(29)17-10-11-27-20(13-17)25-26-21(27)18(12-19(28)23(2,3)24)15-30-14-16-8-6-5-7-9-16/h5-9,17-18H,4,10-15,24H2,1-3H3/t17?,18-/m1/s1. The largest absolute Gasteiger partial charge is 0.466 e. The predicted molar refractivity (Wildman–Crippen MR) is 115 cm³/mol. The van der Waals surface area contributed by atoms with Crippen LogP contribution in [0.2, 0.25) is 0 Å². The van der Waals surface area contributed by atoms with E-state index in [-0.39, 0.29) is 30.0 Å². The summed E-state index contributed by atoms with van der Waals surface area (Å²) in [6.07, 6.45) is 1.36. The second-order valence-electron chi connectivity index (χ2n) is 8.61. The fourth-order valence-electron chi connectivity index (χ4n) is 3.72. The highest BCUT2D eigenvalue weighted by Crippen LogP contribution is 2.28. The van der Waals surface area contributed by atoms with Gasteiger partial charge >= 0.3 is 5.97 Å². The number of nitrogens with zero attached hydrogens (tertiary/aromatic N) is 3. The molecule has 8 nitrogen and oxygen atoms in total. The van der Waals surface area contributed by atoms with E-state index in [1.807, 2.05) is 34.9 Å². The molecule has 0 fully saturated rings. The maximum absolute atomic E-state index is 12.7. The summed E-state index contributed by atoms with van der Waals surface area (Å²) in [5.74, 6) is 0.732. The highest BCUT2D eigenvalue weighted by molar-refractivity contribution is 5.87. The van der Waals surface area contributed by atoms with E-state index < -0.39 is 5.54 Å². The van der Waals surface area contributed by atoms with Crippen LogP contribution in [0.3, 0.4) is 0 Å². The fourth-order valence-corrected chi connectivity index (χ4v) is 3.72. The molecule has 1 aromatic heterocycles. The quantitative estimate of drug-likeness (QED) is 0.579. The molecule has 2 heterocycles. The molecule has 0 aliphatic carbocycles. The molecule has 168 valence electrons. The molecule has 0 amide bonds. The van der Waals surface area contributed by atoms with E-state index in [1.165, 1.54) is 0 Å². The molecule has 8 heteroatoms. The summed E-state index contributed by atoms with van der Waals surface area (Å²) in [6.45, 7) is 6.97. The number of fused-ring (bicyclic) bond motifs is 1. The maximum Gasteiger partial charge on any atom is 0.309 e. The number of carbonyl (C=O) groups excluding carboxylic acids is 2. The van der Waals surface area contributed by atoms with Crippen LogP contribution in [0.4, 0.5) is 0 Å². The van der Waals surface area contributed by atoms with Gasteiger partial charge in [0.05, 0.1) is 31.3 Å². The topological polar surface area (TPSA) is 109 Å². The van der Waals surface area contributed by atoms with Gasteiger partial charge < -0.3 is 19.8 Å². The number of carbonyl (C=O) groups is 2. The van der Waals surface area contributed by atoms with Gasteiger partial charge in [-0.3, -0.25) is 9.59 Å². The zero-order valence-corrected chi connectivity index (χ0v) is 18.5. The Hall–Kier alpha value is -2.58. The minimum Gasteiger partial charge on any atom is -0.466 e. The third-order valence-corrected chi connectivity index (χ3v) is 5.55. The number of hydrogen-bond donors (Lipinski definition) is 1. The van der Waals surface area contributed by atoms with E-state index in [0.717, 1.165) is 11.4 Å². The third kappa shape index (κ3) is 5.98. The lowest BCUT2D eigenvalue weighted by atomic mass is 9.91. The molecule has 0 spiro atoms. The van der Waals surface area contributed by atoms with Gasteiger partial charge in [-0.05, 0) is 32.8 Å². The first-order valence-electron chi connectivity index (χ1n) is 10.8. The lowest BCUT2D eigenvalue weighted by molar-refractivity contribution is -0.148. The van der Waals surface area contributed by atoms with Gasteiger partial charge in [-0.2, -0.15) is 0 Å². The molecule has 0 saturated heterocycles. The number of ketones is 1. The van der Waals surface area contributed by atoms with Crippen molar-refractivity contribution in [3.8, 4) is 0 Å². The van der Waals surface area contributed by atoms with Gasteiger partial charge in [-0.1, -0.05) is 30.3 Å². The average Bonchev–Trinajstić information content (AvgIpc) is 3.16. The fraction of sp³-hybridized carbons (Fsp3) is 0.565. The number of aromatic nitrogens is 3. The molecule has 0 bridgehead atoms. The summed E-state index contributed by atoms with van der Waals surface area (Å²) in [7, 11) is 0. The number of hydrogen-bond acceptors (Lipinski definition) is 7. The molecule has 0 saturated carbocycles. The average molecular weight is 429 g/mol. The van der Waals surface area contributed by atoms with Crippen LogP contribution in [0, 0.1) is 5.92 Å². The zero-order valence-electron chi connectivity index (χ0n) is 18.5. The first kappa shape index (κ1) is 23.1. The number of ether oxygens (including phenoxy) is 2. The highest BCUT2D eigenvalue weighted by atomic mass is 16.5. The third-order valence-electron chi connectivity index (χ3n) is 5.55. The van der Waals surface area contributed by atoms with Gasteiger partial charge in [0.25, 0.3) is 0 Å². The highest BCUT2D eigenvalue weighted by Gasteiger charge is 2.33. The van der Waals surface area contributed by atoms with E-state index in [2.05, 4.69) is 10.2 Å². The van der Waals surface area contributed by atoms with Crippen molar-refractivity contribution in [1.82, 2.24) is 14.8 Å². The van der Waals surface area contributed by atoms with Crippen LogP contribution in [0.15, 0.2) is 30.3 Å². The van der Waals surface area contributed by atoms with Crippen LogP contribution in [0.25, 0.3) is 0 Å². The maximum atomic E-state index is 12.7. The molecule has 0 radical (unpaired) electrons. The summed E-state index contributed by atoms with van der Waals surface area (Å²) in [4.78, 5) is 24.8. The number of nitrogens with two attached hydrogens (primary N) is 1. The summed E-state index contributed by atoms with van der Waals surface area (Å²) in [5.41, 5.74) is 6.16. The molecule has 3 rings (SSSR count). The van der Waals surface area contributed by atoms with Crippen molar-refractivity contribution in [3.05, 3.63) is 47.5 Å². The Bertz CT molecular complexity index is 889. The Kier molecular flexibility index (Phi) is 7.56. The van der Waals surface area contributed by atoms with E-state index in [4.69, 9.17) is 15.2 Å². The van der Waals surface area contributed by atoms with Crippen molar-refractivity contribution < 1.29 is 19.1 Å². The molecule has 2 aromatic rings. The van der Waals surface area contributed by atoms with Crippen LogP contribution in [-0.2, 0) is 38.6 Å². The first-order chi connectivity index (χ1) is 14.8. The second-order valence-corrected chi connectivity index (χ2v) is 8.61. The summed E-state index contributed by atoms with van der Waals surface area (Å²) in [6, 6.07) is 9.88. The van der Waals surface area contributed by atoms with Crippen LogP contribution in [0.1, 0.15) is 56.7 Å². The van der Waals surface area contributed by atoms with Crippen LogP contribution < -0.4 is 5.73 Å². The monoisotopic (exact) mass is 428 g/mol. The molecule has 1 aliphatic rings. The lowest BCUT2D eigenvalue weighted by Crippen LogP contribution is -2.42. The van der Waals surface area contributed by atoms with E-state index >= 15 is 0 Å². The molecule has 2 atom stereocenters. The van der Waals surface area contributed by atoms with E-state index in [1.54, 1.807) is 20.8 Å². The van der Waals surface area contributed by atoms with Crippen LogP contribution >= 0.6 is 0 Å². The number of rotatable bonds is 10. The minimum absolute atomic E-state index is 0.0571. The van der Waals surface area contributed by atoms with Crippen molar-refractivity contribution >= 4 is 11.8 Å². The van der Waals surface area contributed by atoms with Gasteiger partial charge in [0.2, 0.25) is 0 Å². The molecule has 31 heavy (non-hydrogen) atoms. The van der Waals surface area contributed by atoms with Gasteiger partial charge in [0, 0.05) is 25.3 Å². The Morgan fingerprint density at radius 1 is 1.26 bits per heavy atom. The lowest BCUT2D eigenvalue weighted by Gasteiger charge is -2.25. The van der Waals surface area contributed by atoms with Crippen molar-refractivity contribution in [1.29, 1.82) is 0 Å². The normalized spacial score (nSPS) is 17.1. The van der Waals surface area contributed by atoms with Crippen molar-refractivity contribution in [2.45, 2.75) is 64.6 Å². The Morgan fingerprint density at radius 3 is 2.68 bits per heavy atom. The van der Waals surface area contributed by atoms with Crippen molar-refractivity contribution in [2.75, 3.05) is 13.2 Å². The molecule has 1 aliphatic heterocycles. The number of esters is 1. The van der Waals surface area contributed by atoms with Crippen LogP contribution in [-0.4, -0.2) is 45.3 Å². The SMILES string of the molecule is CCOC(=O)C1CCn2c(nnc2[C@@H](COCc2ccccc2)CC(=O)C(C)(C)N)C1. The smallest absolute Gasteiger partial charge is 0.309 e. The molecule has 1 unspecified atom stereocenters. The number of Topliss-reactive ketones (excluding diaryl/α,β-unsaturated/α-hetero) is 1. The summed E-state index contributed by atoms with van der Waals surface area (Å²) >= 11 is 0. The van der Waals surface area contributed by atoms with Crippen molar-refractivity contribution in [3.63, 3.8) is 0 Å². The predicted octanol–water partition coefficient (Wildman–Crippen LogP) is 2.40. The molecular formula is C23H32N4O4. The summed E-state index contributed by atoms with van der Waals surface area (Å²) in [5, 5.41) is 8.70. The van der Waals surface area contributed by atoms with Gasteiger partial charge in [0.1, 0.15) is 11.6 Å². The summed E-state index contributed by atoms with van der Waals surface area (Å²) < 4.78 is 13.1. The zero-order chi connectivity index (χ0) is 22.4. The molecule has 2 N–H and O–H groups in total. The number of benzene rings is 1. The second kappa shape index (κ2) is 10.2. The van der Waals surface area contributed by atoms with Gasteiger partial charge in [-0.25, -0.2) is 0 Å². The molecular weight excluding hydrogens is 396 g/mol. The van der Waals surface area contributed by atoms with Gasteiger partial charge in [-0.15, -0.1) is 10.2 Å². The minimum atomic E-state index is -0.933. The van der Waals surface area contributed by atoms with Gasteiger partial charge in [0.15, 0.2) is 5.78 Å². The Labute approximate surface area is 183 Å². The van der Waals surface area contributed by atoms with Crippen LogP contribution in [0.5, 0.6) is 0 Å². The van der Waals surface area contributed by atoms with E-state index in [9.17, 15) is 9.59 Å². The Morgan fingerprint density at radius 2 is 2.00 bits per heavy atom.